The molecular formula is C29H26IN3O4S. The Bertz CT molecular complexity index is 1560. The maximum Gasteiger partial charge on any atom is 0.273 e. The van der Waals surface area contributed by atoms with Gasteiger partial charge in [0.05, 0.1) is 35.5 Å². The summed E-state index contributed by atoms with van der Waals surface area (Å²) in [5.74, 6) is 0.0215. The van der Waals surface area contributed by atoms with E-state index in [4.69, 9.17) is 4.74 Å². The van der Waals surface area contributed by atoms with Crippen LogP contribution in [-0.2, 0) is 16.6 Å². The van der Waals surface area contributed by atoms with Gasteiger partial charge in [0.2, 0.25) is 0 Å². The highest BCUT2D eigenvalue weighted by Crippen LogP contribution is 2.30. The molecule has 0 aromatic heterocycles. The minimum Gasteiger partial charge on any atom is -0.497 e. The van der Waals surface area contributed by atoms with Crippen molar-refractivity contribution in [2.45, 2.75) is 18.4 Å². The SMILES string of the molecule is COc1ccc(S(=O)(=O)N(Cc2ccccc2)c2ccccc2C(=O)N/N=C(\C)c2cccc(I)c2)cc1. The molecule has 0 fully saturated rings. The molecule has 0 spiro atoms. The Morgan fingerprint density at radius 3 is 2.29 bits per heavy atom. The zero-order valence-corrected chi connectivity index (χ0v) is 23.8. The number of sulfonamides is 1. The van der Waals surface area contributed by atoms with Gasteiger partial charge in [-0.05, 0) is 89.2 Å². The lowest BCUT2D eigenvalue weighted by Crippen LogP contribution is -2.33. The smallest absolute Gasteiger partial charge is 0.273 e. The van der Waals surface area contributed by atoms with Crippen LogP contribution in [0.4, 0.5) is 5.69 Å². The third kappa shape index (κ3) is 6.40. The molecule has 4 aromatic rings. The number of rotatable bonds is 9. The first-order valence-corrected chi connectivity index (χ1v) is 14.2. The average molecular weight is 640 g/mol. The summed E-state index contributed by atoms with van der Waals surface area (Å²) in [6.45, 7) is 1.83. The molecule has 7 nitrogen and oxygen atoms in total. The second-order valence-corrected chi connectivity index (χ2v) is 11.4. The molecule has 1 N–H and O–H groups in total. The van der Waals surface area contributed by atoms with Gasteiger partial charge >= 0.3 is 0 Å². The van der Waals surface area contributed by atoms with Gasteiger partial charge in [0.25, 0.3) is 15.9 Å². The van der Waals surface area contributed by atoms with E-state index in [1.807, 2.05) is 54.6 Å². The number of methoxy groups -OCH3 is 1. The number of halogens is 1. The molecule has 0 atom stereocenters. The van der Waals surface area contributed by atoms with E-state index in [2.05, 4.69) is 33.1 Å². The largest absolute Gasteiger partial charge is 0.497 e. The van der Waals surface area contributed by atoms with Crippen LogP contribution in [0.5, 0.6) is 5.75 Å². The van der Waals surface area contributed by atoms with Crippen molar-refractivity contribution in [3.05, 3.63) is 123 Å². The molecule has 1 amide bonds. The first kappa shape index (κ1) is 27.3. The highest BCUT2D eigenvalue weighted by molar-refractivity contribution is 14.1. The minimum atomic E-state index is -4.05. The van der Waals surface area contributed by atoms with Crippen molar-refractivity contribution >= 4 is 49.9 Å². The van der Waals surface area contributed by atoms with Gasteiger partial charge in [-0.3, -0.25) is 9.10 Å². The van der Waals surface area contributed by atoms with Crippen molar-refractivity contribution in [1.29, 1.82) is 0 Å². The van der Waals surface area contributed by atoms with Gasteiger partial charge in [0.15, 0.2) is 0 Å². The molecule has 4 rings (SSSR count). The summed E-state index contributed by atoms with van der Waals surface area (Å²) in [5.41, 5.74) is 5.28. The number of carbonyl (C=O) groups excluding carboxylic acids is 1. The molecule has 0 saturated heterocycles. The van der Waals surface area contributed by atoms with Crippen LogP contribution in [0, 0.1) is 3.57 Å². The molecule has 38 heavy (non-hydrogen) atoms. The number of hydrogen-bond donors (Lipinski definition) is 1. The minimum absolute atomic E-state index is 0.0320. The number of ether oxygens (including phenoxy) is 1. The molecule has 194 valence electrons. The van der Waals surface area contributed by atoms with E-state index in [0.29, 0.717) is 11.5 Å². The van der Waals surface area contributed by atoms with Gasteiger partial charge in [-0.2, -0.15) is 5.10 Å². The topological polar surface area (TPSA) is 88.1 Å². The summed E-state index contributed by atoms with van der Waals surface area (Å²) in [5, 5.41) is 4.27. The van der Waals surface area contributed by atoms with Crippen LogP contribution in [0.25, 0.3) is 0 Å². The van der Waals surface area contributed by atoms with E-state index in [0.717, 1.165) is 14.7 Å². The van der Waals surface area contributed by atoms with Crippen molar-refractivity contribution in [2.24, 2.45) is 5.10 Å². The van der Waals surface area contributed by atoms with Crippen LogP contribution in [0.2, 0.25) is 0 Å². The molecule has 0 aliphatic carbocycles. The number of hydrogen-bond acceptors (Lipinski definition) is 5. The van der Waals surface area contributed by atoms with Crippen LogP contribution < -0.4 is 14.5 Å². The lowest BCUT2D eigenvalue weighted by molar-refractivity contribution is 0.0955. The fraction of sp³-hybridized carbons (Fsp3) is 0.103. The molecule has 0 aliphatic heterocycles. The monoisotopic (exact) mass is 639 g/mol. The van der Waals surface area contributed by atoms with Crippen LogP contribution >= 0.6 is 22.6 Å². The number of anilines is 1. The maximum atomic E-state index is 13.9. The van der Waals surface area contributed by atoms with Crippen molar-refractivity contribution in [3.63, 3.8) is 0 Å². The highest BCUT2D eigenvalue weighted by Gasteiger charge is 2.28. The summed E-state index contributed by atoms with van der Waals surface area (Å²) in [7, 11) is -2.53. The van der Waals surface area contributed by atoms with Crippen LogP contribution in [0.3, 0.4) is 0 Å². The van der Waals surface area contributed by atoms with E-state index < -0.39 is 15.9 Å². The van der Waals surface area contributed by atoms with Crippen molar-refractivity contribution < 1.29 is 17.9 Å². The quantitative estimate of drug-likeness (QED) is 0.142. The summed E-state index contributed by atoms with van der Waals surface area (Å²) >= 11 is 2.21. The Morgan fingerprint density at radius 2 is 1.61 bits per heavy atom. The zero-order valence-electron chi connectivity index (χ0n) is 20.8. The Balaban J connectivity index is 1.73. The third-order valence-corrected chi connectivity index (χ3v) is 8.25. The average Bonchev–Trinajstić information content (AvgIpc) is 2.95. The summed E-state index contributed by atoms with van der Waals surface area (Å²) in [6, 6.07) is 29.7. The van der Waals surface area contributed by atoms with Gasteiger partial charge in [-0.15, -0.1) is 0 Å². The molecule has 4 aromatic carbocycles. The number of nitrogens with zero attached hydrogens (tertiary/aromatic N) is 2. The zero-order chi connectivity index (χ0) is 27.1. The van der Waals surface area contributed by atoms with Gasteiger partial charge in [0.1, 0.15) is 5.75 Å². The molecule has 9 heteroatoms. The Hall–Kier alpha value is -3.70. The van der Waals surface area contributed by atoms with E-state index in [1.165, 1.54) is 23.5 Å². The van der Waals surface area contributed by atoms with Crippen LogP contribution in [0.15, 0.2) is 113 Å². The van der Waals surface area contributed by atoms with E-state index in [-0.39, 0.29) is 22.7 Å². The molecule has 0 heterocycles. The number of carbonyl (C=O) groups is 1. The van der Waals surface area contributed by atoms with E-state index in [9.17, 15) is 13.2 Å². The van der Waals surface area contributed by atoms with Gasteiger partial charge in [-0.1, -0.05) is 54.6 Å². The van der Waals surface area contributed by atoms with Gasteiger partial charge < -0.3 is 4.74 Å². The fourth-order valence-corrected chi connectivity index (χ4v) is 5.79. The lowest BCUT2D eigenvalue weighted by Gasteiger charge is -2.26. The second-order valence-electron chi connectivity index (χ2n) is 8.34. The Labute approximate surface area is 236 Å². The standard InChI is InChI=1S/C29H26IN3O4S/c1-21(23-11-8-12-24(30)19-23)31-32-29(34)27-13-6-7-14-28(27)33(20-22-9-4-3-5-10-22)38(35,36)26-17-15-25(37-2)16-18-26/h3-19H,20H2,1-2H3,(H,32,34)/b31-21+. The number of amides is 1. The van der Waals surface area contributed by atoms with E-state index >= 15 is 0 Å². The summed E-state index contributed by atoms with van der Waals surface area (Å²) in [4.78, 5) is 13.4. The normalized spacial score (nSPS) is 11.6. The molecular weight excluding hydrogens is 613 g/mol. The predicted octanol–water partition coefficient (Wildman–Crippen LogP) is 5.85. The summed E-state index contributed by atoms with van der Waals surface area (Å²) in [6.07, 6.45) is 0. The number of nitrogens with one attached hydrogen (secondary N) is 1. The van der Waals surface area contributed by atoms with Gasteiger partial charge in [0, 0.05) is 3.57 Å². The first-order chi connectivity index (χ1) is 18.3. The lowest BCUT2D eigenvalue weighted by atomic mass is 10.1. The van der Waals surface area contributed by atoms with Crippen LogP contribution in [0.1, 0.15) is 28.4 Å². The third-order valence-electron chi connectivity index (χ3n) is 5.80. The maximum absolute atomic E-state index is 13.9. The molecule has 0 bridgehead atoms. The van der Waals surface area contributed by atoms with Crippen molar-refractivity contribution in [1.82, 2.24) is 5.43 Å². The number of para-hydroxylation sites is 1. The molecule has 0 saturated carbocycles. The second kappa shape index (κ2) is 12.2. The van der Waals surface area contributed by atoms with Crippen molar-refractivity contribution in [3.8, 4) is 5.75 Å². The Morgan fingerprint density at radius 1 is 0.921 bits per heavy atom. The molecule has 0 unspecified atom stereocenters. The first-order valence-electron chi connectivity index (χ1n) is 11.7. The van der Waals surface area contributed by atoms with Crippen molar-refractivity contribution in [2.75, 3.05) is 11.4 Å². The highest BCUT2D eigenvalue weighted by atomic mass is 127. The number of hydrazone groups is 1. The number of benzene rings is 4. The van der Waals surface area contributed by atoms with Crippen LogP contribution in [-0.4, -0.2) is 27.1 Å². The Kier molecular flexibility index (Phi) is 8.80. The van der Waals surface area contributed by atoms with Gasteiger partial charge in [-0.25, -0.2) is 13.8 Å². The molecule has 0 aliphatic rings. The molecule has 0 radical (unpaired) electrons. The summed E-state index contributed by atoms with van der Waals surface area (Å²) < 4.78 is 35.3. The predicted molar refractivity (Wildman–Crippen MR) is 158 cm³/mol. The van der Waals surface area contributed by atoms with E-state index in [1.54, 1.807) is 43.3 Å². The fourth-order valence-electron chi connectivity index (χ4n) is 3.78.